The molecule has 1 aromatic carbocycles. The molecule has 1 aromatic rings. The van der Waals surface area contributed by atoms with Crippen molar-refractivity contribution in [3.63, 3.8) is 0 Å². The zero-order chi connectivity index (χ0) is 14.0. The summed E-state index contributed by atoms with van der Waals surface area (Å²) in [5, 5.41) is 0.509. The molecule has 19 heavy (non-hydrogen) atoms. The molecule has 1 unspecified atom stereocenters. The number of nitrogens with zero attached hydrogens (tertiary/aromatic N) is 1. The van der Waals surface area contributed by atoms with Gasteiger partial charge in [-0.1, -0.05) is 18.5 Å². The van der Waals surface area contributed by atoms with Gasteiger partial charge in [0, 0.05) is 24.2 Å². The van der Waals surface area contributed by atoms with Gasteiger partial charge in [-0.25, -0.2) is 8.42 Å². The number of hydrogen-bond donors (Lipinski definition) is 1. The largest absolute Gasteiger partial charge is 0.326 e. The monoisotopic (exact) mass is 302 g/mol. The Morgan fingerprint density at radius 2 is 2.21 bits per heavy atom. The van der Waals surface area contributed by atoms with E-state index in [0.717, 1.165) is 19.3 Å². The summed E-state index contributed by atoms with van der Waals surface area (Å²) in [6, 6.07) is 4.86. The molecule has 0 spiro atoms. The molecule has 6 heteroatoms. The molecule has 2 rings (SSSR count). The predicted molar refractivity (Wildman–Crippen MR) is 76.5 cm³/mol. The van der Waals surface area contributed by atoms with Crippen LogP contribution in [0.3, 0.4) is 0 Å². The Kier molecular flexibility index (Phi) is 4.50. The van der Waals surface area contributed by atoms with Gasteiger partial charge in [0.15, 0.2) is 0 Å². The quantitative estimate of drug-likeness (QED) is 0.928. The Bertz CT molecular complexity index is 560. The predicted octanol–water partition coefficient (Wildman–Crippen LogP) is 2.36. The SMILES string of the molecule is CCC1CCCN1S(=O)(=O)c1ccc(Cl)c(CN)c1. The Labute approximate surface area is 119 Å². The van der Waals surface area contributed by atoms with Crippen LogP contribution in [0.25, 0.3) is 0 Å². The van der Waals surface area contributed by atoms with E-state index in [9.17, 15) is 8.42 Å². The van der Waals surface area contributed by atoms with Crippen LogP contribution in [0.15, 0.2) is 23.1 Å². The lowest BCUT2D eigenvalue weighted by atomic mass is 10.2. The van der Waals surface area contributed by atoms with E-state index in [1.54, 1.807) is 22.5 Å². The molecule has 4 nitrogen and oxygen atoms in total. The van der Waals surface area contributed by atoms with Crippen molar-refractivity contribution in [1.29, 1.82) is 0 Å². The molecule has 0 saturated carbocycles. The van der Waals surface area contributed by atoms with Gasteiger partial charge in [-0.2, -0.15) is 4.31 Å². The molecule has 0 amide bonds. The maximum absolute atomic E-state index is 12.6. The van der Waals surface area contributed by atoms with E-state index in [1.807, 2.05) is 6.92 Å². The van der Waals surface area contributed by atoms with Crippen molar-refractivity contribution in [2.24, 2.45) is 5.73 Å². The lowest BCUT2D eigenvalue weighted by molar-refractivity contribution is 0.379. The zero-order valence-corrected chi connectivity index (χ0v) is 12.5. The van der Waals surface area contributed by atoms with Crippen molar-refractivity contribution in [3.05, 3.63) is 28.8 Å². The minimum atomic E-state index is -3.43. The topological polar surface area (TPSA) is 63.4 Å². The molecule has 1 aliphatic rings. The molecule has 0 aliphatic carbocycles. The summed E-state index contributed by atoms with van der Waals surface area (Å²) in [6.07, 6.45) is 2.71. The molecular weight excluding hydrogens is 284 g/mol. The molecule has 1 aliphatic heterocycles. The first kappa shape index (κ1) is 14.8. The number of nitrogens with two attached hydrogens (primary N) is 1. The van der Waals surface area contributed by atoms with Crippen molar-refractivity contribution in [2.75, 3.05) is 6.54 Å². The molecule has 1 atom stereocenters. The van der Waals surface area contributed by atoms with Crippen LogP contribution in [0, 0.1) is 0 Å². The second kappa shape index (κ2) is 5.79. The highest BCUT2D eigenvalue weighted by atomic mass is 35.5. The van der Waals surface area contributed by atoms with Gasteiger partial charge in [-0.15, -0.1) is 0 Å². The maximum atomic E-state index is 12.6. The standard InChI is InChI=1S/C13H19ClN2O2S/c1-2-11-4-3-7-16(11)19(17,18)12-5-6-13(14)10(8-12)9-15/h5-6,8,11H,2-4,7,9,15H2,1H3. The van der Waals surface area contributed by atoms with Crippen LogP contribution in [-0.2, 0) is 16.6 Å². The molecule has 1 fully saturated rings. The summed E-state index contributed by atoms with van der Waals surface area (Å²) < 4.78 is 26.9. The van der Waals surface area contributed by atoms with Crippen LogP contribution >= 0.6 is 11.6 Å². The van der Waals surface area contributed by atoms with Crippen molar-refractivity contribution in [2.45, 2.75) is 43.7 Å². The first-order chi connectivity index (χ1) is 9.00. The highest BCUT2D eigenvalue weighted by molar-refractivity contribution is 7.89. The lowest BCUT2D eigenvalue weighted by Gasteiger charge is -2.23. The fourth-order valence-electron chi connectivity index (χ4n) is 2.54. The van der Waals surface area contributed by atoms with Gasteiger partial charge < -0.3 is 5.73 Å². The summed E-state index contributed by atoms with van der Waals surface area (Å²) in [7, 11) is -3.43. The Balaban J connectivity index is 2.39. The van der Waals surface area contributed by atoms with Crippen molar-refractivity contribution in [3.8, 4) is 0 Å². The fraction of sp³-hybridized carbons (Fsp3) is 0.538. The summed E-state index contributed by atoms with van der Waals surface area (Å²) in [5.41, 5.74) is 6.24. The fourth-order valence-corrected chi connectivity index (χ4v) is 4.55. The smallest absolute Gasteiger partial charge is 0.243 e. The summed E-state index contributed by atoms with van der Waals surface area (Å²) in [4.78, 5) is 0.290. The van der Waals surface area contributed by atoms with E-state index in [2.05, 4.69) is 0 Å². The van der Waals surface area contributed by atoms with Gasteiger partial charge in [-0.05, 0) is 43.0 Å². The van der Waals surface area contributed by atoms with Crippen LogP contribution in [0.5, 0.6) is 0 Å². The Hall–Kier alpha value is -0.620. The second-order valence-electron chi connectivity index (χ2n) is 4.78. The average Bonchev–Trinajstić information content (AvgIpc) is 2.88. The molecule has 1 heterocycles. The third-order valence-corrected chi connectivity index (χ3v) is 5.95. The average molecular weight is 303 g/mol. The first-order valence-electron chi connectivity index (χ1n) is 6.51. The number of sulfonamides is 1. The summed E-state index contributed by atoms with van der Waals surface area (Å²) >= 11 is 5.97. The van der Waals surface area contributed by atoms with Crippen LogP contribution in [-0.4, -0.2) is 25.3 Å². The summed E-state index contributed by atoms with van der Waals surface area (Å²) in [5.74, 6) is 0. The van der Waals surface area contributed by atoms with E-state index in [4.69, 9.17) is 17.3 Å². The minimum Gasteiger partial charge on any atom is -0.326 e. The van der Waals surface area contributed by atoms with Crippen LogP contribution in [0.1, 0.15) is 31.7 Å². The van der Waals surface area contributed by atoms with Gasteiger partial charge in [0.2, 0.25) is 10.0 Å². The van der Waals surface area contributed by atoms with Gasteiger partial charge in [-0.3, -0.25) is 0 Å². The third-order valence-electron chi connectivity index (χ3n) is 3.64. The maximum Gasteiger partial charge on any atom is 0.243 e. The molecule has 0 bridgehead atoms. The van der Waals surface area contributed by atoms with Crippen molar-refractivity contribution >= 4 is 21.6 Å². The van der Waals surface area contributed by atoms with Crippen LogP contribution < -0.4 is 5.73 Å². The zero-order valence-electron chi connectivity index (χ0n) is 11.0. The molecular formula is C13H19ClN2O2S. The van der Waals surface area contributed by atoms with Crippen molar-refractivity contribution in [1.82, 2.24) is 4.31 Å². The van der Waals surface area contributed by atoms with E-state index in [0.29, 0.717) is 17.1 Å². The number of halogens is 1. The van der Waals surface area contributed by atoms with E-state index in [-0.39, 0.29) is 17.5 Å². The second-order valence-corrected chi connectivity index (χ2v) is 7.08. The van der Waals surface area contributed by atoms with E-state index >= 15 is 0 Å². The van der Waals surface area contributed by atoms with Crippen LogP contribution in [0.4, 0.5) is 0 Å². The van der Waals surface area contributed by atoms with E-state index in [1.165, 1.54) is 0 Å². The highest BCUT2D eigenvalue weighted by Gasteiger charge is 2.34. The number of benzene rings is 1. The number of rotatable bonds is 4. The van der Waals surface area contributed by atoms with Gasteiger partial charge in [0.05, 0.1) is 4.90 Å². The highest BCUT2D eigenvalue weighted by Crippen LogP contribution is 2.29. The molecule has 106 valence electrons. The Morgan fingerprint density at radius 1 is 1.47 bits per heavy atom. The van der Waals surface area contributed by atoms with E-state index < -0.39 is 10.0 Å². The van der Waals surface area contributed by atoms with Crippen molar-refractivity contribution < 1.29 is 8.42 Å². The lowest BCUT2D eigenvalue weighted by Crippen LogP contribution is -2.35. The summed E-state index contributed by atoms with van der Waals surface area (Å²) in [6.45, 7) is 2.85. The third kappa shape index (κ3) is 2.79. The molecule has 1 saturated heterocycles. The number of hydrogen-bond acceptors (Lipinski definition) is 3. The first-order valence-corrected chi connectivity index (χ1v) is 8.32. The van der Waals surface area contributed by atoms with Gasteiger partial charge >= 0.3 is 0 Å². The van der Waals surface area contributed by atoms with Crippen LogP contribution in [0.2, 0.25) is 5.02 Å². The Morgan fingerprint density at radius 3 is 2.84 bits per heavy atom. The molecule has 2 N–H and O–H groups in total. The van der Waals surface area contributed by atoms with Gasteiger partial charge in [0.1, 0.15) is 0 Å². The molecule has 0 aromatic heterocycles. The normalized spacial score (nSPS) is 20.9. The molecule has 0 radical (unpaired) electrons. The minimum absolute atomic E-state index is 0.113. The van der Waals surface area contributed by atoms with Gasteiger partial charge in [0.25, 0.3) is 0 Å².